The zero-order valence-corrected chi connectivity index (χ0v) is 28.3. The van der Waals surface area contributed by atoms with Crippen molar-refractivity contribution < 1.29 is 39.4 Å². The Bertz CT molecular complexity index is 2550. The van der Waals surface area contributed by atoms with Gasteiger partial charge >= 0.3 is 0 Å². The summed E-state index contributed by atoms with van der Waals surface area (Å²) in [7, 11) is 0. The van der Waals surface area contributed by atoms with Gasteiger partial charge in [-0.1, -0.05) is 72.8 Å². The molecule has 1 aliphatic carbocycles. The number of carbonyl (C=O) groups excluding carboxylic acids is 4. The van der Waals surface area contributed by atoms with E-state index in [-0.39, 0.29) is 56.9 Å². The van der Waals surface area contributed by atoms with Crippen LogP contribution in [0.1, 0.15) is 53.9 Å². The molecular formula is C40H29N5O9. The lowest BCUT2D eigenvalue weighted by Gasteiger charge is -2.09. The van der Waals surface area contributed by atoms with Crippen molar-refractivity contribution in [3.05, 3.63) is 153 Å². The number of hydrazone groups is 2. The van der Waals surface area contributed by atoms with Gasteiger partial charge in [0.1, 0.15) is 23.2 Å². The van der Waals surface area contributed by atoms with Gasteiger partial charge in [-0.05, 0) is 58.8 Å². The summed E-state index contributed by atoms with van der Waals surface area (Å²) in [6.07, 6.45) is 1.08. The van der Waals surface area contributed by atoms with E-state index in [0.29, 0.717) is 11.1 Å². The Balaban J connectivity index is 0.000000185. The third-order valence-corrected chi connectivity index (χ3v) is 8.54. The first-order valence-corrected chi connectivity index (χ1v) is 16.2. The molecule has 0 saturated carbocycles. The van der Waals surface area contributed by atoms with Gasteiger partial charge in [-0.3, -0.25) is 29.3 Å². The summed E-state index contributed by atoms with van der Waals surface area (Å²) in [6, 6.07) is 30.7. The predicted molar refractivity (Wildman–Crippen MR) is 200 cm³/mol. The summed E-state index contributed by atoms with van der Waals surface area (Å²) < 4.78 is 0. The minimum Gasteiger partial charge on any atom is -0.507 e. The molecule has 268 valence electrons. The summed E-state index contributed by atoms with van der Waals surface area (Å²) in [5.41, 5.74) is 5.42. The van der Waals surface area contributed by atoms with Gasteiger partial charge in [0.2, 0.25) is 0 Å². The van der Waals surface area contributed by atoms with Crippen LogP contribution in [0.3, 0.4) is 0 Å². The summed E-state index contributed by atoms with van der Waals surface area (Å²) in [4.78, 5) is 59.8. The Morgan fingerprint density at radius 3 is 1.63 bits per heavy atom. The van der Waals surface area contributed by atoms with Gasteiger partial charge in [-0.15, -0.1) is 0 Å². The number of Topliss-reactive ketones (excluding diaryl/α,β-unsaturated/α-hetero) is 2. The first kappa shape index (κ1) is 36.1. The first-order chi connectivity index (χ1) is 25.9. The predicted octanol–water partition coefficient (Wildman–Crippen LogP) is 6.27. The number of amides is 2. The number of aromatic hydroxyl groups is 3. The minimum absolute atomic E-state index is 0.0316. The Morgan fingerprint density at radius 2 is 1.13 bits per heavy atom. The number of nitro groups is 1. The Hall–Kier alpha value is -7.74. The number of rotatable bonds is 7. The van der Waals surface area contributed by atoms with Crippen LogP contribution in [0, 0.1) is 16.0 Å². The average molecular weight is 724 g/mol. The van der Waals surface area contributed by atoms with Crippen LogP contribution >= 0.6 is 0 Å². The van der Waals surface area contributed by atoms with Crippen molar-refractivity contribution in [1.82, 2.24) is 10.9 Å². The number of benzene rings is 6. The number of ketones is 2. The molecule has 14 heteroatoms. The molecule has 0 saturated heterocycles. The first-order valence-electron chi connectivity index (χ1n) is 16.2. The maximum absolute atomic E-state index is 12.5. The summed E-state index contributed by atoms with van der Waals surface area (Å²) in [6.45, 7) is 1.52. The summed E-state index contributed by atoms with van der Waals surface area (Å²) in [5.74, 6) is -3.58. The van der Waals surface area contributed by atoms with Gasteiger partial charge in [0.25, 0.3) is 17.5 Å². The van der Waals surface area contributed by atoms with Crippen molar-refractivity contribution >= 4 is 62.5 Å². The average Bonchev–Trinajstić information content (AvgIpc) is 3.42. The van der Waals surface area contributed by atoms with E-state index in [4.69, 9.17) is 0 Å². The summed E-state index contributed by atoms with van der Waals surface area (Å²) >= 11 is 0. The highest BCUT2D eigenvalue weighted by molar-refractivity contribution is 6.36. The van der Waals surface area contributed by atoms with E-state index in [2.05, 4.69) is 21.1 Å². The van der Waals surface area contributed by atoms with Crippen molar-refractivity contribution in [2.45, 2.75) is 6.92 Å². The van der Waals surface area contributed by atoms with Crippen molar-refractivity contribution in [1.29, 1.82) is 0 Å². The van der Waals surface area contributed by atoms with Crippen LogP contribution in [-0.2, 0) is 0 Å². The number of fused-ring (bicyclic) bond motifs is 3. The lowest BCUT2D eigenvalue weighted by atomic mass is 9.99. The molecule has 5 N–H and O–H groups in total. The zero-order chi connectivity index (χ0) is 38.5. The molecule has 54 heavy (non-hydrogen) atoms. The van der Waals surface area contributed by atoms with E-state index in [1.807, 2.05) is 36.4 Å². The third-order valence-electron chi connectivity index (χ3n) is 8.54. The summed E-state index contributed by atoms with van der Waals surface area (Å²) in [5, 5.41) is 51.4. The number of hydrogen-bond acceptors (Lipinski definition) is 11. The number of nitrogens with one attached hydrogen (secondary N) is 2. The number of non-ortho nitro benzene ring substituents is 1. The van der Waals surface area contributed by atoms with Crippen molar-refractivity contribution in [2.75, 3.05) is 0 Å². The molecule has 0 aromatic heterocycles. The number of phenolic OH excluding ortho intramolecular Hbond substituents is 3. The van der Waals surface area contributed by atoms with Gasteiger partial charge in [0.15, 0.2) is 11.6 Å². The molecule has 0 aliphatic heterocycles. The number of carbonyl (C=O) groups is 4. The van der Waals surface area contributed by atoms with Gasteiger partial charge in [0, 0.05) is 28.8 Å². The highest BCUT2D eigenvalue weighted by Crippen LogP contribution is 2.29. The quantitative estimate of drug-likeness (QED) is 0.0541. The van der Waals surface area contributed by atoms with Crippen LogP contribution in [0.5, 0.6) is 17.2 Å². The monoisotopic (exact) mass is 723 g/mol. The molecule has 7 rings (SSSR count). The molecule has 1 aliphatic rings. The van der Waals surface area contributed by atoms with E-state index in [1.54, 1.807) is 42.5 Å². The number of hydrogen-bond donors (Lipinski definition) is 5. The Morgan fingerprint density at radius 1 is 0.667 bits per heavy atom. The molecule has 0 radical (unpaired) electrons. The maximum atomic E-state index is 12.5. The largest absolute Gasteiger partial charge is 0.507 e. The smallest absolute Gasteiger partial charge is 0.275 e. The third kappa shape index (κ3) is 7.48. The molecule has 6 aromatic carbocycles. The minimum atomic E-state index is -1.04. The van der Waals surface area contributed by atoms with Crippen molar-refractivity contribution in [2.24, 2.45) is 16.1 Å². The molecule has 14 nitrogen and oxygen atoms in total. The maximum Gasteiger partial charge on any atom is 0.275 e. The van der Waals surface area contributed by atoms with Gasteiger partial charge in [0.05, 0.1) is 28.0 Å². The topological polar surface area (TPSA) is 221 Å². The molecule has 0 fully saturated rings. The number of nitrogens with zero attached hydrogens (tertiary/aromatic N) is 3. The van der Waals surface area contributed by atoms with Crippen LogP contribution in [0.4, 0.5) is 5.69 Å². The fourth-order valence-electron chi connectivity index (χ4n) is 5.79. The second-order valence-corrected chi connectivity index (χ2v) is 12.0. The van der Waals surface area contributed by atoms with E-state index >= 15 is 0 Å². The number of phenols is 3. The van der Waals surface area contributed by atoms with Crippen molar-refractivity contribution in [3.63, 3.8) is 0 Å². The lowest BCUT2D eigenvalue weighted by molar-refractivity contribution is -0.384. The van der Waals surface area contributed by atoms with E-state index in [0.717, 1.165) is 46.0 Å². The molecule has 0 spiro atoms. The van der Waals surface area contributed by atoms with Gasteiger partial charge in [-0.25, -0.2) is 10.9 Å². The van der Waals surface area contributed by atoms with Crippen LogP contribution < -0.4 is 10.9 Å². The molecule has 0 unspecified atom stereocenters. The van der Waals surface area contributed by atoms with Crippen LogP contribution in [0.15, 0.2) is 125 Å². The van der Waals surface area contributed by atoms with Crippen molar-refractivity contribution in [3.8, 4) is 17.2 Å². The standard InChI is InChI=1S/C22H16N2O4.C18H13N3O5/c1-12(19-20(26)15-8-4-5-9-16(15)21(19)27)23-24-22(28)17-10-13-6-2-3-7-14(13)11-18(17)25;22-16-6-5-14(21(25)26)7-13(16)10-19-20-18(24)15-8-11-3-1-2-4-12(11)9-17(15)23/h2-11,19,25H,1H3,(H,24,28);1-10,22-23H,(H,20,24)/b23-12+;19-10+. The Labute approximate surface area is 305 Å². The fourth-order valence-corrected chi connectivity index (χ4v) is 5.79. The van der Waals surface area contributed by atoms with Crippen LogP contribution in [-0.4, -0.2) is 55.6 Å². The second-order valence-electron chi connectivity index (χ2n) is 12.0. The molecule has 2 amide bonds. The zero-order valence-electron chi connectivity index (χ0n) is 28.3. The Kier molecular flexibility index (Phi) is 10.2. The lowest BCUT2D eigenvalue weighted by Crippen LogP contribution is -2.27. The normalized spacial score (nSPS) is 12.7. The fraction of sp³-hybridized carbons (Fsp3) is 0.0500. The van der Waals surface area contributed by atoms with Crippen LogP contribution in [0.2, 0.25) is 0 Å². The van der Waals surface area contributed by atoms with E-state index < -0.39 is 22.7 Å². The van der Waals surface area contributed by atoms with E-state index in [1.165, 1.54) is 25.1 Å². The highest BCUT2D eigenvalue weighted by Gasteiger charge is 2.40. The molecule has 0 heterocycles. The molecule has 0 atom stereocenters. The SMILES string of the molecule is C/C(=N\NC(=O)c1cc2ccccc2cc1O)C1C(=O)c2ccccc2C1=O.O=C(N/N=C/c1cc([N+](=O)[O-])ccc1O)c1cc2ccccc2cc1O. The second kappa shape index (κ2) is 15.2. The molecular weight excluding hydrogens is 694 g/mol. The number of nitro benzene ring substituents is 1. The molecule has 6 aromatic rings. The van der Waals surface area contributed by atoms with Gasteiger partial charge < -0.3 is 15.3 Å². The van der Waals surface area contributed by atoms with Crippen LogP contribution in [0.25, 0.3) is 21.5 Å². The van der Waals surface area contributed by atoms with E-state index in [9.17, 15) is 44.6 Å². The molecule has 0 bridgehead atoms. The highest BCUT2D eigenvalue weighted by atomic mass is 16.6. The van der Waals surface area contributed by atoms with Gasteiger partial charge in [-0.2, -0.15) is 10.2 Å².